The molecule has 0 unspecified atom stereocenters. The molecule has 0 aromatic carbocycles. The van der Waals surface area contributed by atoms with Gasteiger partial charge in [0.2, 0.25) is 11.8 Å². The molecule has 8 nitrogen and oxygen atoms in total. The molecule has 0 aliphatic carbocycles. The van der Waals surface area contributed by atoms with Gasteiger partial charge in [-0.15, -0.1) is 0 Å². The van der Waals surface area contributed by atoms with E-state index < -0.39 is 0 Å². The number of carbonyl (C=O) groups is 2. The summed E-state index contributed by atoms with van der Waals surface area (Å²) in [6.45, 7) is 5.38. The molecule has 4 aromatic rings. The lowest BCUT2D eigenvalue weighted by atomic mass is 10.1. The summed E-state index contributed by atoms with van der Waals surface area (Å²) in [7, 11) is 0. The maximum atomic E-state index is 12.2. The van der Waals surface area contributed by atoms with E-state index >= 15 is 0 Å². The Bertz CT molecular complexity index is 1380. The van der Waals surface area contributed by atoms with Crippen LogP contribution in [-0.2, 0) is 22.4 Å². The smallest absolute Gasteiger partial charge is 0.220 e. The molecule has 0 aliphatic heterocycles. The first-order valence-electron chi connectivity index (χ1n) is 15.3. The number of aryl methyl sites for hydroxylation is 4. The van der Waals surface area contributed by atoms with Gasteiger partial charge in [-0.1, -0.05) is 0 Å². The van der Waals surface area contributed by atoms with Crippen molar-refractivity contribution in [3.8, 4) is 22.8 Å². The maximum absolute atomic E-state index is 12.2. The molecule has 0 aliphatic rings. The van der Waals surface area contributed by atoms with Crippen molar-refractivity contribution in [3.05, 3.63) is 95.6 Å². The van der Waals surface area contributed by atoms with E-state index in [2.05, 4.69) is 42.7 Å². The lowest BCUT2D eigenvalue weighted by Crippen LogP contribution is -2.26. The van der Waals surface area contributed by atoms with E-state index in [1.807, 2.05) is 62.6 Å². The van der Waals surface area contributed by atoms with E-state index in [0.717, 1.165) is 72.4 Å². The zero-order valence-corrected chi connectivity index (χ0v) is 25.3. The Morgan fingerprint density at radius 2 is 0.930 bits per heavy atom. The van der Waals surface area contributed by atoms with Gasteiger partial charge in [0.1, 0.15) is 0 Å². The molecular formula is C35H42N6O2. The van der Waals surface area contributed by atoms with Gasteiger partial charge in [-0.05, 0) is 130 Å². The van der Waals surface area contributed by atoms with Gasteiger partial charge in [0.25, 0.3) is 0 Å². The van der Waals surface area contributed by atoms with Gasteiger partial charge in [-0.25, -0.2) is 0 Å². The lowest BCUT2D eigenvalue weighted by molar-refractivity contribution is -0.122. The second-order valence-corrected chi connectivity index (χ2v) is 11.0. The Hall–Kier alpha value is -4.46. The first-order chi connectivity index (χ1) is 21.0. The van der Waals surface area contributed by atoms with Gasteiger partial charge >= 0.3 is 0 Å². The fraction of sp³-hybridized carbons (Fsp3) is 0.371. The summed E-state index contributed by atoms with van der Waals surface area (Å²) in [6.07, 6.45) is 14.1. The molecule has 43 heavy (non-hydrogen) atoms. The molecule has 0 saturated carbocycles. The van der Waals surface area contributed by atoms with Crippen molar-refractivity contribution in [2.24, 2.45) is 0 Å². The Morgan fingerprint density at radius 3 is 1.35 bits per heavy atom. The van der Waals surface area contributed by atoms with Crippen molar-refractivity contribution in [2.75, 3.05) is 13.1 Å². The summed E-state index contributed by atoms with van der Waals surface area (Å²) in [4.78, 5) is 42.1. The standard InChI is InChI=1S/C35H42N6O2/c1-26-12-18-36-30(22-26)32-24-28(14-20-38-32)8-3-5-16-40-34(42)10-7-11-35(43)41-17-6-4-9-29-15-21-39-33(25-29)31-23-27(2)13-19-37-31/h12-15,18-25H,3-11,16-17H2,1-2H3,(H,40,42)(H,41,43). The maximum Gasteiger partial charge on any atom is 0.220 e. The molecule has 0 atom stereocenters. The van der Waals surface area contributed by atoms with Gasteiger partial charge in [-0.3, -0.25) is 29.5 Å². The first kappa shape index (κ1) is 31.5. The van der Waals surface area contributed by atoms with E-state index in [9.17, 15) is 9.59 Å². The number of aromatic nitrogens is 4. The molecule has 0 spiro atoms. The van der Waals surface area contributed by atoms with Crippen LogP contribution >= 0.6 is 0 Å². The van der Waals surface area contributed by atoms with Crippen LogP contribution in [0.25, 0.3) is 22.8 Å². The highest BCUT2D eigenvalue weighted by molar-refractivity contribution is 5.78. The Balaban J connectivity index is 1.02. The van der Waals surface area contributed by atoms with E-state index in [0.29, 0.717) is 32.4 Å². The normalized spacial score (nSPS) is 10.8. The minimum Gasteiger partial charge on any atom is -0.356 e. The van der Waals surface area contributed by atoms with E-state index in [1.165, 1.54) is 11.1 Å². The number of unbranched alkanes of at least 4 members (excludes halogenated alkanes) is 2. The summed E-state index contributed by atoms with van der Waals surface area (Å²) < 4.78 is 0. The van der Waals surface area contributed by atoms with Crippen LogP contribution in [0.15, 0.2) is 73.3 Å². The van der Waals surface area contributed by atoms with Crippen LogP contribution < -0.4 is 10.6 Å². The molecule has 2 N–H and O–H groups in total. The molecular weight excluding hydrogens is 536 g/mol. The third-order valence-corrected chi connectivity index (χ3v) is 7.24. The molecule has 224 valence electrons. The molecule has 0 saturated heterocycles. The fourth-order valence-electron chi connectivity index (χ4n) is 4.84. The quantitative estimate of drug-likeness (QED) is 0.159. The van der Waals surface area contributed by atoms with Crippen LogP contribution in [0, 0.1) is 13.8 Å². The van der Waals surface area contributed by atoms with Crippen molar-refractivity contribution < 1.29 is 9.59 Å². The summed E-state index contributed by atoms with van der Waals surface area (Å²) >= 11 is 0. The summed E-state index contributed by atoms with van der Waals surface area (Å²) in [6, 6.07) is 16.3. The monoisotopic (exact) mass is 578 g/mol. The SMILES string of the molecule is Cc1ccnc(-c2cc(CCCCNC(=O)CCCC(=O)NCCCCc3ccnc(-c4cc(C)ccn4)c3)ccn2)c1. The van der Waals surface area contributed by atoms with Gasteiger partial charge in [-0.2, -0.15) is 0 Å². The molecule has 4 rings (SSSR count). The fourth-order valence-corrected chi connectivity index (χ4v) is 4.84. The summed E-state index contributed by atoms with van der Waals surface area (Å²) in [5.74, 6) is 0.00389. The Morgan fingerprint density at radius 1 is 0.535 bits per heavy atom. The Kier molecular flexibility index (Phi) is 12.3. The lowest BCUT2D eigenvalue weighted by Gasteiger charge is -2.08. The van der Waals surface area contributed by atoms with Crippen LogP contribution in [-0.4, -0.2) is 44.8 Å². The molecule has 0 radical (unpaired) electrons. The minimum atomic E-state index is 0.00195. The number of nitrogens with zero attached hydrogens (tertiary/aromatic N) is 4. The summed E-state index contributed by atoms with van der Waals surface area (Å²) in [5.41, 5.74) is 8.29. The topological polar surface area (TPSA) is 110 Å². The van der Waals surface area contributed by atoms with Crippen molar-refractivity contribution in [1.82, 2.24) is 30.6 Å². The average Bonchev–Trinajstić information content (AvgIpc) is 3.01. The zero-order chi connectivity index (χ0) is 30.3. The molecule has 0 fully saturated rings. The van der Waals surface area contributed by atoms with Crippen molar-refractivity contribution >= 4 is 11.8 Å². The highest BCUT2D eigenvalue weighted by atomic mass is 16.2. The number of nitrogens with one attached hydrogen (secondary N) is 2. The predicted octanol–water partition coefficient (Wildman–Crippen LogP) is 5.97. The van der Waals surface area contributed by atoms with E-state index in [1.54, 1.807) is 12.4 Å². The number of pyridine rings is 4. The van der Waals surface area contributed by atoms with Crippen molar-refractivity contribution in [1.29, 1.82) is 0 Å². The van der Waals surface area contributed by atoms with Gasteiger partial charge in [0, 0.05) is 50.7 Å². The van der Waals surface area contributed by atoms with Crippen molar-refractivity contribution in [2.45, 2.75) is 71.6 Å². The zero-order valence-electron chi connectivity index (χ0n) is 25.3. The van der Waals surface area contributed by atoms with Gasteiger partial charge in [0.05, 0.1) is 22.8 Å². The number of hydrogen-bond acceptors (Lipinski definition) is 6. The van der Waals surface area contributed by atoms with Crippen LogP contribution in [0.3, 0.4) is 0 Å². The number of carbonyl (C=O) groups excluding carboxylic acids is 2. The van der Waals surface area contributed by atoms with E-state index in [-0.39, 0.29) is 11.8 Å². The third kappa shape index (κ3) is 11.0. The van der Waals surface area contributed by atoms with Crippen LogP contribution in [0.4, 0.5) is 0 Å². The van der Waals surface area contributed by atoms with Crippen molar-refractivity contribution in [3.63, 3.8) is 0 Å². The summed E-state index contributed by atoms with van der Waals surface area (Å²) in [5, 5.41) is 5.95. The van der Waals surface area contributed by atoms with Gasteiger partial charge < -0.3 is 10.6 Å². The molecule has 4 aromatic heterocycles. The molecule has 8 heteroatoms. The minimum absolute atomic E-state index is 0.00195. The average molecular weight is 579 g/mol. The van der Waals surface area contributed by atoms with Gasteiger partial charge in [0.15, 0.2) is 0 Å². The molecule has 2 amide bonds. The second kappa shape index (κ2) is 16.9. The predicted molar refractivity (Wildman–Crippen MR) is 170 cm³/mol. The molecule has 0 bridgehead atoms. The first-order valence-corrected chi connectivity index (χ1v) is 15.3. The number of rotatable bonds is 16. The van der Waals surface area contributed by atoms with Crippen LogP contribution in [0.1, 0.15) is 67.2 Å². The number of amides is 2. The second-order valence-electron chi connectivity index (χ2n) is 11.0. The highest BCUT2D eigenvalue weighted by Crippen LogP contribution is 2.18. The third-order valence-electron chi connectivity index (χ3n) is 7.24. The highest BCUT2D eigenvalue weighted by Gasteiger charge is 2.07. The largest absolute Gasteiger partial charge is 0.356 e. The van der Waals surface area contributed by atoms with E-state index in [4.69, 9.17) is 0 Å². The van der Waals surface area contributed by atoms with Crippen LogP contribution in [0.2, 0.25) is 0 Å². The molecule has 4 heterocycles. The number of hydrogen-bond donors (Lipinski definition) is 2. The Labute approximate surface area is 254 Å². The van der Waals surface area contributed by atoms with Crippen LogP contribution in [0.5, 0.6) is 0 Å².